The predicted octanol–water partition coefficient (Wildman–Crippen LogP) is 1.56. The number of Topliss-reactive ketones (excluding diaryl/α,β-unsaturated/α-hetero) is 1. The minimum absolute atomic E-state index is 0.0792. The number of piperidine rings is 1. The highest BCUT2D eigenvalue weighted by Crippen LogP contribution is 2.43. The SMILES string of the molecule is CC1CC(=O)CC2(c3cccc(Cl)c3)OC(=O)C(=O)ON12. The van der Waals surface area contributed by atoms with Crippen molar-refractivity contribution in [2.24, 2.45) is 0 Å². The van der Waals surface area contributed by atoms with E-state index >= 15 is 0 Å². The molecule has 0 saturated carbocycles. The summed E-state index contributed by atoms with van der Waals surface area (Å²) in [5.74, 6) is -2.29. The summed E-state index contributed by atoms with van der Waals surface area (Å²) in [6, 6.07) is 6.21. The highest BCUT2D eigenvalue weighted by Gasteiger charge is 2.56. The molecule has 1 aromatic rings. The molecular weight excluding hydrogens is 298 g/mol. The number of ketones is 1. The second-order valence-electron chi connectivity index (χ2n) is 5.16. The Labute approximate surface area is 125 Å². The third kappa shape index (κ3) is 2.20. The minimum atomic E-state index is -1.44. The summed E-state index contributed by atoms with van der Waals surface area (Å²) in [6.07, 6.45) is 0.129. The average Bonchev–Trinajstić information content (AvgIpc) is 2.41. The fourth-order valence-corrected chi connectivity index (χ4v) is 2.96. The maximum atomic E-state index is 12.0. The Morgan fingerprint density at radius 1 is 1.29 bits per heavy atom. The maximum absolute atomic E-state index is 12.0. The van der Waals surface area contributed by atoms with Crippen molar-refractivity contribution < 1.29 is 24.0 Å². The van der Waals surface area contributed by atoms with E-state index in [9.17, 15) is 14.4 Å². The largest absolute Gasteiger partial charge is 0.436 e. The molecule has 2 saturated heterocycles. The molecule has 1 aromatic carbocycles. The van der Waals surface area contributed by atoms with E-state index in [1.165, 1.54) is 5.06 Å². The standard InChI is InChI=1S/C14H12ClNO5/c1-8-5-11(17)7-14(9-3-2-4-10(15)6-9)16(8)21-13(19)12(18)20-14/h2-4,6,8H,5,7H2,1H3. The Kier molecular flexibility index (Phi) is 3.22. The first kappa shape index (κ1) is 14.0. The monoisotopic (exact) mass is 309 g/mol. The molecule has 2 aliphatic rings. The van der Waals surface area contributed by atoms with Gasteiger partial charge in [-0.05, 0) is 19.1 Å². The van der Waals surface area contributed by atoms with E-state index in [0.29, 0.717) is 10.6 Å². The van der Waals surface area contributed by atoms with Crippen molar-refractivity contribution >= 4 is 29.3 Å². The molecule has 0 amide bonds. The molecule has 0 aliphatic carbocycles. The molecular formula is C14H12ClNO5. The van der Waals surface area contributed by atoms with Gasteiger partial charge in [0.2, 0.25) is 5.72 Å². The quantitative estimate of drug-likeness (QED) is 0.579. The maximum Gasteiger partial charge on any atom is 0.436 e. The van der Waals surface area contributed by atoms with E-state index in [1.54, 1.807) is 31.2 Å². The van der Waals surface area contributed by atoms with Gasteiger partial charge in [0.25, 0.3) is 0 Å². The summed E-state index contributed by atoms with van der Waals surface area (Å²) >= 11 is 5.98. The first-order valence-electron chi connectivity index (χ1n) is 6.45. The Balaban J connectivity index is 2.14. The van der Waals surface area contributed by atoms with Crippen molar-refractivity contribution in [3.8, 4) is 0 Å². The number of hydrogen-bond donors (Lipinski definition) is 0. The summed E-state index contributed by atoms with van der Waals surface area (Å²) in [5.41, 5.74) is -0.944. The number of nitrogens with zero attached hydrogens (tertiary/aromatic N) is 1. The van der Waals surface area contributed by atoms with Crippen LogP contribution in [-0.2, 0) is 29.7 Å². The van der Waals surface area contributed by atoms with Crippen LogP contribution in [0.25, 0.3) is 0 Å². The normalized spacial score (nSPS) is 29.6. The van der Waals surface area contributed by atoms with E-state index in [4.69, 9.17) is 21.2 Å². The molecule has 0 bridgehead atoms. The van der Waals surface area contributed by atoms with Crippen LogP contribution in [0, 0.1) is 0 Å². The van der Waals surface area contributed by atoms with Gasteiger partial charge in [0.05, 0.1) is 12.5 Å². The molecule has 2 unspecified atom stereocenters. The summed E-state index contributed by atoms with van der Waals surface area (Å²) in [4.78, 5) is 40.2. The van der Waals surface area contributed by atoms with Crippen LogP contribution in [0.3, 0.4) is 0 Å². The number of ether oxygens (including phenoxy) is 1. The molecule has 0 spiro atoms. The summed E-state index contributed by atoms with van der Waals surface area (Å²) in [5, 5.41) is 1.71. The van der Waals surface area contributed by atoms with Crippen molar-refractivity contribution in [2.75, 3.05) is 0 Å². The highest BCUT2D eigenvalue weighted by molar-refractivity contribution is 6.31. The second kappa shape index (κ2) is 4.82. The molecule has 6 nitrogen and oxygen atoms in total. The van der Waals surface area contributed by atoms with Gasteiger partial charge >= 0.3 is 11.9 Å². The van der Waals surface area contributed by atoms with Gasteiger partial charge in [-0.1, -0.05) is 28.8 Å². The van der Waals surface area contributed by atoms with Gasteiger partial charge < -0.3 is 9.57 Å². The zero-order chi connectivity index (χ0) is 15.2. The molecule has 2 fully saturated rings. The van der Waals surface area contributed by atoms with Crippen LogP contribution in [0.15, 0.2) is 24.3 Å². The molecule has 2 heterocycles. The Hall–Kier alpha value is -1.92. The van der Waals surface area contributed by atoms with Crippen molar-refractivity contribution in [1.29, 1.82) is 0 Å². The Morgan fingerprint density at radius 3 is 2.76 bits per heavy atom. The molecule has 0 N–H and O–H groups in total. The van der Waals surface area contributed by atoms with Gasteiger partial charge in [-0.2, -0.15) is 0 Å². The van der Waals surface area contributed by atoms with Crippen LogP contribution in [0.5, 0.6) is 0 Å². The van der Waals surface area contributed by atoms with Gasteiger partial charge in [0.15, 0.2) is 0 Å². The summed E-state index contributed by atoms with van der Waals surface area (Å²) in [7, 11) is 0. The third-order valence-electron chi connectivity index (χ3n) is 3.60. The second-order valence-corrected chi connectivity index (χ2v) is 5.59. The zero-order valence-electron chi connectivity index (χ0n) is 11.2. The lowest BCUT2D eigenvalue weighted by Crippen LogP contribution is -2.62. The number of esters is 1. The topological polar surface area (TPSA) is 72.9 Å². The number of carbonyl (C=O) groups excluding carboxylic acids is 3. The minimum Gasteiger partial charge on any atom is -0.427 e. The van der Waals surface area contributed by atoms with E-state index in [1.807, 2.05) is 0 Å². The first-order chi connectivity index (χ1) is 9.92. The number of carbonyl (C=O) groups is 3. The van der Waals surface area contributed by atoms with E-state index in [0.717, 1.165) is 0 Å². The van der Waals surface area contributed by atoms with Crippen molar-refractivity contribution in [3.05, 3.63) is 34.9 Å². The van der Waals surface area contributed by atoms with Gasteiger partial charge in [-0.3, -0.25) is 4.79 Å². The molecule has 0 radical (unpaired) electrons. The fourth-order valence-electron chi connectivity index (χ4n) is 2.77. The molecule has 2 atom stereocenters. The van der Waals surface area contributed by atoms with E-state index in [-0.39, 0.29) is 18.6 Å². The fraction of sp³-hybridized carbons (Fsp3) is 0.357. The summed E-state index contributed by atoms with van der Waals surface area (Å²) < 4.78 is 5.31. The number of rotatable bonds is 1. The van der Waals surface area contributed by atoms with Crippen LogP contribution in [0.2, 0.25) is 5.02 Å². The number of halogens is 1. The van der Waals surface area contributed by atoms with E-state index in [2.05, 4.69) is 0 Å². The number of hydroxylamine groups is 2. The molecule has 2 aliphatic heterocycles. The van der Waals surface area contributed by atoms with Gasteiger partial charge in [-0.15, -0.1) is 0 Å². The molecule has 3 rings (SSSR count). The zero-order valence-corrected chi connectivity index (χ0v) is 11.9. The summed E-state index contributed by atoms with van der Waals surface area (Å²) in [6.45, 7) is 1.72. The van der Waals surface area contributed by atoms with Crippen LogP contribution in [0.4, 0.5) is 0 Å². The number of hydrogen-bond acceptors (Lipinski definition) is 6. The predicted molar refractivity (Wildman–Crippen MR) is 70.9 cm³/mol. The van der Waals surface area contributed by atoms with Gasteiger partial charge in [-0.25, -0.2) is 9.59 Å². The van der Waals surface area contributed by atoms with Crippen molar-refractivity contribution in [3.63, 3.8) is 0 Å². The molecule has 110 valence electrons. The van der Waals surface area contributed by atoms with Crippen LogP contribution in [0.1, 0.15) is 25.3 Å². The average molecular weight is 310 g/mol. The lowest BCUT2D eigenvalue weighted by Gasteiger charge is -2.48. The van der Waals surface area contributed by atoms with Gasteiger partial charge in [0, 0.05) is 17.0 Å². The number of benzene rings is 1. The van der Waals surface area contributed by atoms with Gasteiger partial charge in [0.1, 0.15) is 5.78 Å². The Bertz CT molecular complexity index is 646. The molecule has 21 heavy (non-hydrogen) atoms. The third-order valence-corrected chi connectivity index (χ3v) is 3.84. The van der Waals surface area contributed by atoms with Crippen LogP contribution in [-0.4, -0.2) is 28.8 Å². The van der Waals surface area contributed by atoms with Crippen molar-refractivity contribution in [2.45, 2.75) is 31.5 Å². The molecule has 0 aromatic heterocycles. The Morgan fingerprint density at radius 2 is 2.05 bits per heavy atom. The number of fused-ring (bicyclic) bond motifs is 1. The highest BCUT2D eigenvalue weighted by atomic mass is 35.5. The van der Waals surface area contributed by atoms with Crippen LogP contribution < -0.4 is 0 Å². The lowest BCUT2D eigenvalue weighted by atomic mass is 9.88. The smallest absolute Gasteiger partial charge is 0.427 e. The van der Waals surface area contributed by atoms with E-state index < -0.39 is 23.7 Å². The molecule has 7 heteroatoms. The van der Waals surface area contributed by atoms with Crippen LogP contribution >= 0.6 is 11.6 Å². The first-order valence-corrected chi connectivity index (χ1v) is 6.82. The van der Waals surface area contributed by atoms with Crippen molar-refractivity contribution in [1.82, 2.24) is 5.06 Å². The lowest BCUT2D eigenvalue weighted by molar-refractivity contribution is -0.332.